The average Bonchev–Trinajstić information content (AvgIpc) is 2.32. The van der Waals surface area contributed by atoms with E-state index < -0.39 is 23.9 Å². The third-order valence-electron chi connectivity index (χ3n) is 3.00. The lowest BCUT2D eigenvalue weighted by atomic mass is 9.83. The lowest BCUT2D eigenvalue weighted by Gasteiger charge is -2.34. The lowest BCUT2D eigenvalue weighted by Crippen LogP contribution is -2.50. The maximum atomic E-state index is 12.9. The van der Waals surface area contributed by atoms with E-state index in [9.17, 15) is 18.3 Å². The Kier molecular flexibility index (Phi) is 2.94. The third-order valence-corrected chi connectivity index (χ3v) is 3.00. The first-order valence-corrected chi connectivity index (χ1v) is 5.36. The number of hydrogen-bond donors (Lipinski definition) is 2. The zero-order chi connectivity index (χ0) is 13.4. The van der Waals surface area contributed by atoms with Crippen molar-refractivity contribution < 1.29 is 18.3 Å². The predicted octanol–water partition coefficient (Wildman–Crippen LogP) is 2.61. The number of halogens is 3. The molecule has 1 unspecified atom stereocenters. The summed E-state index contributed by atoms with van der Waals surface area (Å²) in [4.78, 5) is 0. The molecule has 0 spiro atoms. The molecule has 0 fully saturated rings. The van der Waals surface area contributed by atoms with Gasteiger partial charge in [-0.15, -0.1) is 0 Å². The van der Waals surface area contributed by atoms with E-state index in [1.165, 1.54) is 6.08 Å². The lowest BCUT2D eigenvalue weighted by molar-refractivity contribution is -0.242. The second-order valence-corrected chi connectivity index (χ2v) is 4.21. The molecule has 0 saturated heterocycles. The van der Waals surface area contributed by atoms with Crippen molar-refractivity contribution >= 4 is 5.57 Å². The highest BCUT2D eigenvalue weighted by Gasteiger charge is 2.56. The quantitative estimate of drug-likeness (QED) is 0.810. The van der Waals surface area contributed by atoms with Crippen molar-refractivity contribution in [2.75, 3.05) is 0 Å². The summed E-state index contributed by atoms with van der Waals surface area (Å²) in [6.07, 6.45) is -2.74. The number of allylic oxidation sites excluding steroid dienone is 2. The summed E-state index contributed by atoms with van der Waals surface area (Å²) in [7, 11) is 0. The summed E-state index contributed by atoms with van der Waals surface area (Å²) in [5.74, 6) is 0. The zero-order valence-corrected chi connectivity index (χ0v) is 9.41. The fourth-order valence-electron chi connectivity index (χ4n) is 1.88. The fraction of sp³-hybridized carbons (Fsp3) is 0.231. The van der Waals surface area contributed by atoms with Crippen molar-refractivity contribution in [1.82, 2.24) is 0 Å². The van der Waals surface area contributed by atoms with Gasteiger partial charge in [0.2, 0.25) is 5.60 Å². The molecule has 0 bridgehead atoms. The number of hydrogen-bond acceptors (Lipinski definition) is 2. The molecule has 0 aromatic heterocycles. The van der Waals surface area contributed by atoms with E-state index in [-0.39, 0.29) is 0 Å². The molecule has 0 amide bonds. The van der Waals surface area contributed by atoms with Crippen molar-refractivity contribution in [1.29, 1.82) is 0 Å². The topological polar surface area (TPSA) is 46.2 Å². The van der Waals surface area contributed by atoms with Gasteiger partial charge in [-0.05, 0) is 17.2 Å². The Morgan fingerprint density at radius 1 is 1.11 bits per heavy atom. The van der Waals surface area contributed by atoms with Gasteiger partial charge in [0, 0.05) is 6.42 Å². The smallest absolute Gasteiger partial charge is 0.399 e. The first-order valence-electron chi connectivity index (χ1n) is 5.36. The molecule has 0 aliphatic heterocycles. The van der Waals surface area contributed by atoms with Crippen LogP contribution in [0.5, 0.6) is 0 Å². The zero-order valence-electron chi connectivity index (χ0n) is 9.41. The number of nitrogens with two attached hydrogens (primary N) is 1. The molecule has 18 heavy (non-hydrogen) atoms. The van der Waals surface area contributed by atoms with Gasteiger partial charge in [0.15, 0.2) is 0 Å². The average molecular weight is 255 g/mol. The Morgan fingerprint density at radius 2 is 1.72 bits per heavy atom. The molecule has 0 radical (unpaired) electrons. The molecule has 1 aliphatic rings. The van der Waals surface area contributed by atoms with E-state index in [1.807, 2.05) is 0 Å². The molecular formula is C13H12F3NO. The van der Waals surface area contributed by atoms with Crippen molar-refractivity contribution in [3.8, 4) is 0 Å². The third kappa shape index (κ3) is 2.01. The van der Waals surface area contributed by atoms with Crippen LogP contribution in [0, 0.1) is 0 Å². The van der Waals surface area contributed by atoms with Gasteiger partial charge in [0.1, 0.15) is 0 Å². The Hall–Kier alpha value is -1.75. The van der Waals surface area contributed by atoms with Crippen LogP contribution in [-0.2, 0) is 0 Å². The van der Waals surface area contributed by atoms with Crippen LogP contribution in [-0.4, -0.2) is 16.9 Å². The summed E-state index contributed by atoms with van der Waals surface area (Å²) in [6, 6.07) is 8.61. The van der Waals surface area contributed by atoms with Crippen molar-refractivity contribution in [2.45, 2.75) is 18.2 Å². The second kappa shape index (κ2) is 4.17. The largest absolute Gasteiger partial charge is 0.423 e. The minimum Gasteiger partial charge on any atom is -0.399 e. The van der Waals surface area contributed by atoms with Gasteiger partial charge in [-0.3, -0.25) is 0 Å². The summed E-state index contributed by atoms with van der Waals surface area (Å²) in [6.45, 7) is 0. The molecule has 96 valence electrons. The van der Waals surface area contributed by atoms with E-state index in [1.54, 1.807) is 30.3 Å². The summed E-state index contributed by atoms with van der Waals surface area (Å²) in [5, 5.41) is 9.75. The van der Waals surface area contributed by atoms with E-state index in [4.69, 9.17) is 5.73 Å². The van der Waals surface area contributed by atoms with Gasteiger partial charge in [-0.2, -0.15) is 13.2 Å². The molecule has 1 aromatic carbocycles. The first kappa shape index (κ1) is 12.7. The molecule has 5 heteroatoms. The molecule has 0 heterocycles. The Bertz CT molecular complexity index is 505. The highest BCUT2D eigenvalue weighted by atomic mass is 19.4. The molecule has 0 saturated carbocycles. The normalized spacial score (nSPS) is 24.4. The van der Waals surface area contributed by atoms with Crippen LogP contribution in [0.4, 0.5) is 13.2 Å². The SMILES string of the molecule is NC1=CC=C(c2ccccc2)CC1(O)C(F)(F)F. The van der Waals surface area contributed by atoms with Crippen molar-refractivity contribution in [3.63, 3.8) is 0 Å². The standard InChI is InChI=1S/C13H12F3NO/c14-13(15,16)12(18)8-10(6-7-11(12)17)9-4-2-1-3-5-9/h1-7,18H,8,17H2. The predicted molar refractivity (Wildman–Crippen MR) is 62.3 cm³/mol. The fourth-order valence-corrected chi connectivity index (χ4v) is 1.88. The van der Waals surface area contributed by atoms with Crippen LogP contribution in [0.2, 0.25) is 0 Å². The van der Waals surface area contributed by atoms with Gasteiger partial charge >= 0.3 is 6.18 Å². The monoisotopic (exact) mass is 255 g/mol. The van der Waals surface area contributed by atoms with Gasteiger partial charge < -0.3 is 10.8 Å². The van der Waals surface area contributed by atoms with E-state index in [0.29, 0.717) is 11.1 Å². The number of aliphatic hydroxyl groups is 1. The highest BCUT2D eigenvalue weighted by molar-refractivity contribution is 5.70. The van der Waals surface area contributed by atoms with Crippen molar-refractivity contribution in [2.24, 2.45) is 5.73 Å². The number of alkyl halides is 3. The molecule has 3 N–H and O–H groups in total. The molecule has 2 nitrogen and oxygen atoms in total. The Labute approximate surface area is 102 Å². The first-order chi connectivity index (χ1) is 8.34. The molecular weight excluding hydrogens is 243 g/mol. The summed E-state index contributed by atoms with van der Waals surface area (Å²) in [5.41, 5.74) is 2.78. The highest BCUT2D eigenvalue weighted by Crippen LogP contribution is 2.43. The molecule has 1 aromatic rings. The van der Waals surface area contributed by atoms with Crippen molar-refractivity contribution in [3.05, 3.63) is 53.7 Å². The van der Waals surface area contributed by atoms with Crippen LogP contribution in [0.25, 0.3) is 5.57 Å². The van der Waals surface area contributed by atoms with Gasteiger partial charge in [-0.1, -0.05) is 36.4 Å². The number of benzene rings is 1. The van der Waals surface area contributed by atoms with E-state index >= 15 is 0 Å². The number of rotatable bonds is 1. The Morgan fingerprint density at radius 3 is 2.28 bits per heavy atom. The van der Waals surface area contributed by atoms with Crippen LogP contribution in [0.1, 0.15) is 12.0 Å². The summed E-state index contributed by atoms with van der Waals surface area (Å²) >= 11 is 0. The van der Waals surface area contributed by atoms with Gasteiger partial charge in [0.05, 0.1) is 5.70 Å². The van der Waals surface area contributed by atoms with E-state index in [0.717, 1.165) is 6.08 Å². The van der Waals surface area contributed by atoms with Crippen LogP contribution in [0.15, 0.2) is 48.2 Å². The molecule has 2 rings (SSSR count). The maximum Gasteiger partial charge on any atom is 0.423 e. The minimum atomic E-state index is -4.79. The Balaban J connectivity index is 2.40. The van der Waals surface area contributed by atoms with Crippen LogP contribution >= 0.6 is 0 Å². The van der Waals surface area contributed by atoms with Gasteiger partial charge in [0.25, 0.3) is 0 Å². The molecule has 1 atom stereocenters. The maximum absolute atomic E-state index is 12.9. The minimum absolute atomic E-state index is 0.407. The van der Waals surface area contributed by atoms with Crippen LogP contribution in [0.3, 0.4) is 0 Å². The molecule has 1 aliphatic carbocycles. The van der Waals surface area contributed by atoms with Gasteiger partial charge in [-0.25, -0.2) is 0 Å². The van der Waals surface area contributed by atoms with E-state index in [2.05, 4.69) is 0 Å². The summed E-state index contributed by atoms with van der Waals surface area (Å²) < 4.78 is 38.6. The second-order valence-electron chi connectivity index (χ2n) is 4.21. The van der Waals surface area contributed by atoms with Crippen LogP contribution < -0.4 is 5.73 Å².